The highest BCUT2D eigenvalue weighted by atomic mass is 35.5. The highest BCUT2D eigenvalue weighted by Crippen LogP contribution is 2.36. The summed E-state index contributed by atoms with van der Waals surface area (Å²) in [5.41, 5.74) is 0.477. The van der Waals surface area contributed by atoms with Crippen molar-refractivity contribution in [3.05, 3.63) is 23.2 Å². The van der Waals surface area contributed by atoms with Crippen LogP contribution in [0.4, 0.5) is 5.69 Å². The molecule has 1 aliphatic heterocycles. The van der Waals surface area contributed by atoms with Gasteiger partial charge in [0.15, 0.2) is 12.2 Å². The molecule has 130 valence electrons. The molecule has 0 fully saturated rings. The van der Waals surface area contributed by atoms with Gasteiger partial charge in [-0.2, -0.15) is 0 Å². The first kappa shape index (κ1) is 18.1. The summed E-state index contributed by atoms with van der Waals surface area (Å²) >= 11 is 6.00. The standard InChI is InChI=1S/C16H18ClNO6/c1-9-16(21)18(14-6-12(17)4-5-15(14)23-9)7-13(24-11(3)20)8-22-10(2)19/h4-6,9,13H,7-8H2,1-3H3. The van der Waals surface area contributed by atoms with Gasteiger partial charge >= 0.3 is 11.9 Å². The van der Waals surface area contributed by atoms with Crippen LogP contribution in [0.25, 0.3) is 0 Å². The number of rotatable bonds is 5. The lowest BCUT2D eigenvalue weighted by Crippen LogP contribution is -2.49. The van der Waals surface area contributed by atoms with Crippen LogP contribution in [0, 0.1) is 0 Å². The molecule has 0 radical (unpaired) electrons. The molecule has 2 rings (SSSR count). The zero-order valence-corrected chi connectivity index (χ0v) is 14.3. The second-order valence-electron chi connectivity index (χ2n) is 5.35. The topological polar surface area (TPSA) is 82.1 Å². The summed E-state index contributed by atoms with van der Waals surface area (Å²) in [5.74, 6) is -0.838. The Bertz CT molecular complexity index is 662. The van der Waals surface area contributed by atoms with Crippen molar-refractivity contribution in [2.75, 3.05) is 18.1 Å². The lowest BCUT2D eigenvalue weighted by atomic mass is 10.1. The zero-order valence-electron chi connectivity index (χ0n) is 13.6. The number of anilines is 1. The van der Waals surface area contributed by atoms with Gasteiger partial charge in [0.2, 0.25) is 0 Å². The first-order valence-corrected chi connectivity index (χ1v) is 7.74. The average Bonchev–Trinajstić information content (AvgIpc) is 2.49. The van der Waals surface area contributed by atoms with E-state index in [4.69, 9.17) is 25.8 Å². The number of carbonyl (C=O) groups is 3. The molecule has 0 aliphatic carbocycles. The van der Waals surface area contributed by atoms with Crippen molar-refractivity contribution in [3.8, 4) is 5.75 Å². The fourth-order valence-electron chi connectivity index (χ4n) is 2.34. The fraction of sp³-hybridized carbons (Fsp3) is 0.438. The van der Waals surface area contributed by atoms with Crippen molar-refractivity contribution < 1.29 is 28.6 Å². The van der Waals surface area contributed by atoms with Crippen molar-refractivity contribution in [3.63, 3.8) is 0 Å². The molecule has 1 amide bonds. The van der Waals surface area contributed by atoms with Crippen LogP contribution >= 0.6 is 11.6 Å². The van der Waals surface area contributed by atoms with Gasteiger partial charge in [0, 0.05) is 18.9 Å². The Morgan fingerprint density at radius 3 is 2.67 bits per heavy atom. The van der Waals surface area contributed by atoms with E-state index in [1.54, 1.807) is 25.1 Å². The van der Waals surface area contributed by atoms with Crippen molar-refractivity contribution in [1.29, 1.82) is 0 Å². The van der Waals surface area contributed by atoms with E-state index in [1.165, 1.54) is 18.7 Å². The van der Waals surface area contributed by atoms with E-state index in [1.807, 2.05) is 0 Å². The number of benzene rings is 1. The predicted octanol–water partition coefficient (Wildman–Crippen LogP) is 1.95. The molecular formula is C16H18ClNO6. The highest BCUT2D eigenvalue weighted by molar-refractivity contribution is 6.31. The minimum absolute atomic E-state index is 0.0206. The Kier molecular flexibility index (Phi) is 5.66. The third kappa shape index (κ3) is 4.38. The Morgan fingerprint density at radius 2 is 2.04 bits per heavy atom. The Balaban J connectivity index is 2.26. The van der Waals surface area contributed by atoms with E-state index < -0.39 is 24.1 Å². The van der Waals surface area contributed by atoms with Crippen molar-refractivity contribution in [1.82, 2.24) is 0 Å². The molecule has 1 aromatic rings. The summed E-state index contributed by atoms with van der Waals surface area (Å²) in [6, 6.07) is 4.92. The van der Waals surface area contributed by atoms with Crippen LogP contribution in [0.15, 0.2) is 18.2 Å². The lowest BCUT2D eigenvalue weighted by Gasteiger charge is -2.34. The lowest BCUT2D eigenvalue weighted by molar-refractivity contribution is -0.156. The molecule has 0 bridgehead atoms. The van der Waals surface area contributed by atoms with Crippen LogP contribution in [-0.2, 0) is 23.9 Å². The number of hydrogen-bond acceptors (Lipinski definition) is 6. The Morgan fingerprint density at radius 1 is 1.33 bits per heavy atom. The number of carbonyl (C=O) groups excluding carboxylic acids is 3. The first-order chi connectivity index (χ1) is 11.3. The summed E-state index contributed by atoms with van der Waals surface area (Å²) in [7, 11) is 0. The molecule has 7 nitrogen and oxygen atoms in total. The monoisotopic (exact) mass is 355 g/mol. The van der Waals surface area contributed by atoms with E-state index in [0.717, 1.165) is 0 Å². The number of halogens is 1. The van der Waals surface area contributed by atoms with Gasteiger partial charge in [0.05, 0.1) is 12.2 Å². The molecule has 1 heterocycles. The molecule has 0 saturated carbocycles. The smallest absolute Gasteiger partial charge is 0.303 e. The second-order valence-corrected chi connectivity index (χ2v) is 5.79. The van der Waals surface area contributed by atoms with Gasteiger partial charge in [-0.05, 0) is 25.1 Å². The molecule has 2 unspecified atom stereocenters. The van der Waals surface area contributed by atoms with Gasteiger partial charge in [0.25, 0.3) is 5.91 Å². The molecule has 24 heavy (non-hydrogen) atoms. The number of ether oxygens (including phenoxy) is 3. The fourth-order valence-corrected chi connectivity index (χ4v) is 2.51. The quantitative estimate of drug-likeness (QED) is 0.751. The maximum atomic E-state index is 12.5. The predicted molar refractivity (Wildman–Crippen MR) is 86.1 cm³/mol. The third-order valence-corrected chi connectivity index (χ3v) is 3.56. The summed E-state index contributed by atoms with van der Waals surface area (Å²) in [5, 5.41) is 0.439. The molecule has 0 aromatic heterocycles. The van der Waals surface area contributed by atoms with Crippen LogP contribution in [-0.4, -0.2) is 43.2 Å². The number of esters is 2. The minimum Gasteiger partial charge on any atom is -0.479 e. The van der Waals surface area contributed by atoms with Gasteiger partial charge < -0.3 is 19.1 Å². The van der Waals surface area contributed by atoms with Gasteiger partial charge in [-0.1, -0.05) is 11.6 Å². The molecular weight excluding hydrogens is 338 g/mol. The van der Waals surface area contributed by atoms with E-state index in [2.05, 4.69) is 0 Å². The average molecular weight is 356 g/mol. The number of hydrogen-bond donors (Lipinski definition) is 0. The maximum absolute atomic E-state index is 12.5. The summed E-state index contributed by atoms with van der Waals surface area (Å²) in [6.07, 6.45) is -1.49. The molecule has 8 heteroatoms. The zero-order chi connectivity index (χ0) is 17.9. The number of fused-ring (bicyclic) bond motifs is 1. The molecule has 0 spiro atoms. The van der Waals surface area contributed by atoms with Crippen molar-refractivity contribution in [2.24, 2.45) is 0 Å². The number of nitrogens with zero attached hydrogens (tertiary/aromatic N) is 1. The first-order valence-electron chi connectivity index (χ1n) is 7.36. The van der Waals surface area contributed by atoms with Gasteiger partial charge in [-0.15, -0.1) is 0 Å². The van der Waals surface area contributed by atoms with E-state index >= 15 is 0 Å². The molecule has 1 aliphatic rings. The van der Waals surface area contributed by atoms with Crippen LogP contribution in [0.3, 0.4) is 0 Å². The third-order valence-electron chi connectivity index (χ3n) is 3.32. The molecule has 0 N–H and O–H groups in total. The summed E-state index contributed by atoms with van der Waals surface area (Å²) in [6.45, 7) is 3.99. The van der Waals surface area contributed by atoms with E-state index in [9.17, 15) is 14.4 Å². The Labute approximate surface area is 144 Å². The highest BCUT2D eigenvalue weighted by Gasteiger charge is 2.34. The molecule has 1 aromatic carbocycles. The van der Waals surface area contributed by atoms with Crippen LogP contribution in [0.5, 0.6) is 5.75 Å². The van der Waals surface area contributed by atoms with E-state index in [-0.39, 0.29) is 19.1 Å². The van der Waals surface area contributed by atoms with Crippen molar-refractivity contribution >= 4 is 35.1 Å². The molecule has 2 atom stereocenters. The largest absolute Gasteiger partial charge is 0.479 e. The number of amides is 1. The van der Waals surface area contributed by atoms with Gasteiger partial charge in [-0.25, -0.2) is 0 Å². The van der Waals surface area contributed by atoms with Crippen LogP contribution in [0.2, 0.25) is 5.02 Å². The SMILES string of the molecule is CC(=O)OCC(CN1C(=O)C(C)Oc2ccc(Cl)cc21)OC(C)=O. The van der Waals surface area contributed by atoms with Crippen LogP contribution < -0.4 is 9.64 Å². The Hall–Kier alpha value is -2.28. The minimum atomic E-state index is -0.799. The van der Waals surface area contributed by atoms with Crippen LogP contribution in [0.1, 0.15) is 20.8 Å². The maximum Gasteiger partial charge on any atom is 0.303 e. The molecule has 0 saturated heterocycles. The van der Waals surface area contributed by atoms with E-state index in [0.29, 0.717) is 16.5 Å². The van der Waals surface area contributed by atoms with Gasteiger partial charge in [-0.3, -0.25) is 14.4 Å². The second kappa shape index (κ2) is 7.53. The summed E-state index contributed by atoms with van der Waals surface area (Å²) in [4.78, 5) is 36.2. The van der Waals surface area contributed by atoms with Crippen molar-refractivity contribution in [2.45, 2.75) is 33.0 Å². The summed E-state index contributed by atoms with van der Waals surface area (Å²) < 4.78 is 15.6. The van der Waals surface area contributed by atoms with Gasteiger partial charge in [0.1, 0.15) is 12.4 Å². The normalized spacial score (nSPS) is 17.6.